The van der Waals surface area contributed by atoms with Crippen molar-refractivity contribution in [2.45, 2.75) is 6.04 Å². The number of nitrogens with zero attached hydrogens (tertiary/aromatic N) is 2. The Balaban J connectivity index is 2.26. The summed E-state index contributed by atoms with van der Waals surface area (Å²) in [6, 6.07) is 5.45. The molecule has 0 saturated carbocycles. The second-order valence-corrected chi connectivity index (χ2v) is 6.63. The van der Waals surface area contributed by atoms with Gasteiger partial charge in [0, 0.05) is 12.1 Å². The van der Waals surface area contributed by atoms with E-state index in [1.54, 1.807) is 47.4 Å². The third kappa shape index (κ3) is 4.19. The second kappa shape index (κ2) is 9.80. The lowest BCUT2D eigenvalue weighted by Crippen LogP contribution is -2.33. The summed E-state index contributed by atoms with van der Waals surface area (Å²) in [7, 11) is 0. The Kier molecular flexibility index (Phi) is 6.92. The van der Waals surface area contributed by atoms with Crippen molar-refractivity contribution in [3.05, 3.63) is 101 Å². The molecule has 1 aliphatic carbocycles. The van der Waals surface area contributed by atoms with E-state index < -0.39 is 40.7 Å². The topological polar surface area (TPSA) is 27.0 Å². The van der Waals surface area contributed by atoms with Gasteiger partial charge in [-0.3, -0.25) is 0 Å². The number of hydrogen-bond donors (Lipinski definition) is 0. The Morgan fingerprint density at radius 3 is 2.16 bits per heavy atom. The quantitative estimate of drug-likeness (QED) is 0.183. The summed E-state index contributed by atoms with van der Waals surface area (Å²) in [5.74, 6) is -7.98. The van der Waals surface area contributed by atoms with Crippen molar-refractivity contribution < 1.29 is 22.0 Å². The zero-order valence-corrected chi connectivity index (χ0v) is 16.5. The molecule has 0 spiro atoms. The number of rotatable bonds is 6. The summed E-state index contributed by atoms with van der Waals surface area (Å²) in [4.78, 5) is 1.62. The minimum absolute atomic E-state index is 0.00714. The number of benzene rings is 2. The van der Waals surface area contributed by atoms with Gasteiger partial charge in [-0.15, -0.1) is 6.42 Å². The molecule has 7 heteroatoms. The second-order valence-electron chi connectivity index (χ2n) is 6.63. The fraction of sp³-hybridized carbons (Fsp3) is 0.0800. The summed E-state index contributed by atoms with van der Waals surface area (Å²) in [6.45, 7) is 0.148. The maximum atomic E-state index is 14.6. The standard InChI is InChI=1S/C25H15F5N2/c1-2-3-4-5-8-14-32(17-11-6-7-12-17)25-16(15-31)10-9-13-18(25)19-20(26)22(28)24(30)23(29)21(19)27/h1,3-13,17H,14H2/b4-3-,8-5-. The van der Waals surface area contributed by atoms with Crippen LogP contribution >= 0.6 is 0 Å². The first-order chi connectivity index (χ1) is 15.4. The number of nitriles is 1. The number of allylic oxidation sites excluding steroid dienone is 5. The van der Waals surface area contributed by atoms with Gasteiger partial charge in [0.15, 0.2) is 23.3 Å². The molecule has 2 nitrogen and oxygen atoms in total. The number of hydrogen-bond acceptors (Lipinski definition) is 2. The first-order valence-corrected chi connectivity index (χ1v) is 9.36. The van der Waals surface area contributed by atoms with Crippen molar-refractivity contribution in [3.63, 3.8) is 0 Å². The summed E-state index contributed by atoms with van der Waals surface area (Å²) in [5.41, 5.74) is -1.35. The Bertz CT molecular complexity index is 1200. The number of terminal acetylenes is 1. The van der Waals surface area contributed by atoms with Crippen molar-refractivity contribution >= 4 is 5.69 Å². The highest BCUT2D eigenvalue weighted by Crippen LogP contribution is 2.40. The highest BCUT2D eigenvalue weighted by molar-refractivity contribution is 5.84. The summed E-state index contributed by atoms with van der Waals surface area (Å²) < 4.78 is 70.7. The van der Waals surface area contributed by atoms with Gasteiger partial charge in [0.2, 0.25) is 5.82 Å². The van der Waals surface area contributed by atoms with Crippen LogP contribution < -0.4 is 4.90 Å². The molecule has 0 N–H and O–H groups in total. The molecule has 0 atom stereocenters. The summed E-state index contributed by atoms with van der Waals surface area (Å²) in [5, 5.41) is 9.66. The van der Waals surface area contributed by atoms with Gasteiger partial charge in [-0.05, 0) is 12.1 Å². The van der Waals surface area contributed by atoms with Gasteiger partial charge in [0.25, 0.3) is 0 Å². The van der Waals surface area contributed by atoms with E-state index in [9.17, 15) is 27.2 Å². The van der Waals surface area contributed by atoms with Gasteiger partial charge in [-0.2, -0.15) is 5.26 Å². The van der Waals surface area contributed by atoms with E-state index in [0.29, 0.717) is 0 Å². The molecule has 32 heavy (non-hydrogen) atoms. The van der Waals surface area contributed by atoms with Crippen LogP contribution in [0.2, 0.25) is 0 Å². The Morgan fingerprint density at radius 2 is 1.56 bits per heavy atom. The lowest BCUT2D eigenvalue weighted by atomic mass is 9.96. The van der Waals surface area contributed by atoms with E-state index >= 15 is 0 Å². The average Bonchev–Trinajstić information content (AvgIpc) is 3.33. The molecular weight excluding hydrogens is 423 g/mol. The van der Waals surface area contributed by atoms with Crippen LogP contribution in [0.5, 0.6) is 0 Å². The van der Waals surface area contributed by atoms with Crippen molar-refractivity contribution in [1.82, 2.24) is 0 Å². The smallest absolute Gasteiger partial charge is 0.200 e. The summed E-state index contributed by atoms with van der Waals surface area (Å²) in [6.07, 6.45) is 18.5. The number of para-hydroxylation sites is 1. The molecule has 0 amide bonds. The van der Waals surface area contributed by atoms with Crippen LogP contribution in [0.15, 0.2) is 66.8 Å². The molecule has 0 unspecified atom stereocenters. The largest absolute Gasteiger partial charge is 0.356 e. The van der Waals surface area contributed by atoms with E-state index in [0.717, 1.165) is 0 Å². The van der Waals surface area contributed by atoms with E-state index in [4.69, 9.17) is 6.42 Å². The van der Waals surface area contributed by atoms with Crippen LogP contribution in [0.3, 0.4) is 0 Å². The molecule has 0 aliphatic heterocycles. The number of halogens is 5. The molecule has 1 aliphatic rings. The van der Waals surface area contributed by atoms with Gasteiger partial charge in [-0.1, -0.05) is 60.6 Å². The van der Waals surface area contributed by atoms with Gasteiger partial charge < -0.3 is 4.90 Å². The van der Waals surface area contributed by atoms with Crippen LogP contribution in [-0.2, 0) is 0 Å². The fourth-order valence-electron chi connectivity index (χ4n) is 3.34. The Labute approximate surface area is 181 Å². The first kappa shape index (κ1) is 22.6. The van der Waals surface area contributed by atoms with Crippen molar-refractivity contribution in [2.75, 3.05) is 11.4 Å². The third-order valence-electron chi connectivity index (χ3n) is 4.75. The minimum atomic E-state index is -2.25. The number of anilines is 1. The van der Waals surface area contributed by atoms with Crippen molar-refractivity contribution in [2.24, 2.45) is 0 Å². The molecule has 3 rings (SSSR count). The maximum Gasteiger partial charge on any atom is 0.200 e. The Morgan fingerprint density at radius 1 is 0.938 bits per heavy atom. The maximum absolute atomic E-state index is 14.6. The fourth-order valence-corrected chi connectivity index (χ4v) is 3.34. The van der Waals surface area contributed by atoms with Gasteiger partial charge in [0.1, 0.15) is 6.07 Å². The van der Waals surface area contributed by atoms with Gasteiger partial charge in [-0.25, -0.2) is 22.0 Å². The predicted octanol–water partition coefficient (Wildman–Crippen LogP) is 5.97. The van der Waals surface area contributed by atoms with E-state index in [1.165, 1.54) is 24.3 Å². The molecule has 160 valence electrons. The van der Waals surface area contributed by atoms with Gasteiger partial charge >= 0.3 is 0 Å². The van der Waals surface area contributed by atoms with Crippen molar-refractivity contribution in [1.29, 1.82) is 5.26 Å². The van der Waals surface area contributed by atoms with Crippen LogP contribution in [-0.4, -0.2) is 12.6 Å². The van der Waals surface area contributed by atoms with E-state index in [-0.39, 0.29) is 23.4 Å². The normalized spacial score (nSPS) is 13.2. The van der Waals surface area contributed by atoms with Crippen LogP contribution in [0.1, 0.15) is 5.56 Å². The molecule has 2 aromatic carbocycles. The first-order valence-electron chi connectivity index (χ1n) is 9.36. The zero-order chi connectivity index (χ0) is 23.3. The molecule has 0 aromatic heterocycles. The zero-order valence-electron chi connectivity index (χ0n) is 16.5. The van der Waals surface area contributed by atoms with E-state index in [2.05, 4.69) is 5.92 Å². The van der Waals surface area contributed by atoms with Gasteiger partial charge in [0.05, 0.1) is 22.9 Å². The van der Waals surface area contributed by atoms with Crippen molar-refractivity contribution in [3.8, 4) is 29.5 Å². The molecular formula is C25H15F5N2. The van der Waals surface area contributed by atoms with Crippen LogP contribution in [0.4, 0.5) is 27.6 Å². The van der Waals surface area contributed by atoms with Crippen LogP contribution in [0, 0.1) is 52.8 Å². The van der Waals surface area contributed by atoms with E-state index in [1.807, 2.05) is 6.07 Å². The lowest BCUT2D eigenvalue weighted by Gasteiger charge is -2.31. The molecule has 0 fully saturated rings. The monoisotopic (exact) mass is 438 g/mol. The molecule has 0 bridgehead atoms. The van der Waals surface area contributed by atoms with Crippen LogP contribution in [0.25, 0.3) is 11.1 Å². The average molecular weight is 438 g/mol. The lowest BCUT2D eigenvalue weighted by molar-refractivity contribution is 0.381. The summed E-state index contributed by atoms with van der Waals surface area (Å²) >= 11 is 0. The molecule has 0 radical (unpaired) electrons. The highest BCUT2D eigenvalue weighted by Gasteiger charge is 2.30. The molecule has 0 saturated heterocycles. The molecule has 2 aromatic rings. The predicted molar refractivity (Wildman–Crippen MR) is 113 cm³/mol. The SMILES string of the molecule is C#C/C=C\C=C/CN(c1c(C#N)cccc1-c1c(F)c(F)c(F)c(F)c1F)C1C=CC=C1. The minimum Gasteiger partial charge on any atom is -0.356 e. The Hall–Kier alpha value is -4.10. The third-order valence-corrected chi connectivity index (χ3v) is 4.75. The highest BCUT2D eigenvalue weighted by atomic mass is 19.2. The molecule has 0 heterocycles.